The Morgan fingerprint density at radius 1 is 1.47 bits per heavy atom. The lowest BCUT2D eigenvalue weighted by molar-refractivity contribution is 0.0949. The topological polar surface area (TPSA) is 38.3 Å². The first-order valence-corrected chi connectivity index (χ1v) is 7.69. The van der Waals surface area contributed by atoms with E-state index >= 15 is 0 Å². The lowest BCUT2D eigenvalue weighted by Crippen LogP contribution is -2.25. The molecule has 0 bridgehead atoms. The largest absolute Gasteiger partial charge is 0.496 e. The van der Waals surface area contributed by atoms with E-state index in [9.17, 15) is 4.79 Å². The molecular weight excluding hydrogens is 306 g/mol. The molecule has 0 spiro atoms. The SMILES string of the molecule is COc1ccc(C)cc1C(=O)NCCCC(C)CBr. The summed E-state index contributed by atoms with van der Waals surface area (Å²) in [5, 5.41) is 3.95. The lowest BCUT2D eigenvalue weighted by atomic mass is 10.1. The third-order valence-corrected chi connectivity index (χ3v) is 4.13. The Hall–Kier alpha value is -1.03. The minimum absolute atomic E-state index is 0.0629. The summed E-state index contributed by atoms with van der Waals surface area (Å²) < 4.78 is 5.22. The van der Waals surface area contributed by atoms with Crippen molar-refractivity contribution in [1.82, 2.24) is 5.32 Å². The maximum atomic E-state index is 12.1. The monoisotopic (exact) mass is 327 g/mol. The van der Waals surface area contributed by atoms with Gasteiger partial charge in [0.1, 0.15) is 5.75 Å². The Balaban J connectivity index is 2.51. The maximum Gasteiger partial charge on any atom is 0.255 e. The molecule has 106 valence electrons. The fourth-order valence-electron chi connectivity index (χ4n) is 1.82. The number of alkyl halides is 1. The van der Waals surface area contributed by atoms with Gasteiger partial charge in [0.25, 0.3) is 5.91 Å². The zero-order valence-corrected chi connectivity index (χ0v) is 13.4. The van der Waals surface area contributed by atoms with Gasteiger partial charge in [0.15, 0.2) is 0 Å². The van der Waals surface area contributed by atoms with Gasteiger partial charge in [-0.1, -0.05) is 34.5 Å². The van der Waals surface area contributed by atoms with Crippen LogP contribution in [0.25, 0.3) is 0 Å². The lowest BCUT2D eigenvalue weighted by Gasteiger charge is -2.11. The van der Waals surface area contributed by atoms with Gasteiger partial charge < -0.3 is 10.1 Å². The molecular formula is C15H22BrNO2. The second-order valence-electron chi connectivity index (χ2n) is 4.86. The molecule has 0 aliphatic rings. The van der Waals surface area contributed by atoms with Gasteiger partial charge in [0.2, 0.25) is 0 Å². The molecule has 0 heterocycles. The second-order valence-corrected chi connectivity index (χ2v) is 5.51. The molecule has 0 saturated heterocycles. The molecule has 19 heavy (non-hydrogen) atoms. The van der Waals surface area contributed by atoms with Gasteiger partial charge in [0, 0.05) is 11.9 Å². The van der Waals surface area contributed by atoms with Crippen LogP contribution in [0.2, 0.25) is 0 Å². The first-order chi connectivity index (χ1) is 9.08. The molecule has 1 aromatic rings. The number of carbonyl (C=O) groups excluding carboxylic acids is 1. The maximum absolute atomic E-state index is 12.1. The number of halogens is 1. The number of nitrogens with one attached hydrogen (secondary N) is 1. The van der Waals surface area contributed by atoms with Crippen LogP contribution in [0.4, 0.5) is 0 Å². The summed E-state index contributed by atoms with van der Waals surface area (Å²) >= 11 is 3.46. The molecule has 3 nitrogen and oxygen atoms in total. The first-order valence-electron chi connectivity index (χ1n) is 6.57. The summed E-state index contributed by atoms with van der Waals surface area (Å²) in [6, 6.07) is 5.62. The summed E-state index contributed by atoms with van der Waals surface area (Å²) in [6.45, 7) is 4.86. The Labute approximate surface area is 123 Å². The van der Waals surface area contributed by atoms with Crippen LogP contribution in [0.15, 0.2) is 18.2 Å². The highest BCUT2D eigenvalue weighted by Crippen LogP contribution is 2.19. The Morgan fingerprint density at radius 3 is 2.84 bits per heavy atom. The Kier molecular flexibility index (Phi) is 6.92. The van der Waals surface area contributed by atoms with Crippen molar-refractivity contribution < 1.29 is 9.53 Å². The van der Waals surface area contributed by atoms with Crippen LogP contribution in [-0.4, -0.2) is 24.9 Å². The summed E-state index contributed by atoms with van der Waals surface area (Å²) in [5.74, 6) is 1.20. The van der Waals surface area contributed by atoms with Crippen molar-refractivity contribution in [2.75, 3.05) is 19.0 Å². The van der Waals surface area contributed by atoms with Gasteiger partial charge >= 0.3 is 0 Å². The van der Waals surface area contributed by atoms with Crippen molar-refractivity contribution in [2.45, 2.75) is 26.7 Å². The van der Waals surface area contributed by atoms with Gasteiger partial charge in [-0.25, -0.2) is 0 Å². The minimum Gasteiger partial charge on any atom is -0.496 e. The van der Waals surface area contributed by atoms with E-state index in [0.29, 0.717) is 23.8 Å². The fourth-order valence-corrected chi connectivity index (χ4v) is 2.15. The summed E-state index contributed by atoms with van der Waals surface area (Å²) in [7, 11) is 1.58. The van der Waals surface area contributed by atoms with E-state index in [0.717, 1.165) is 23.7 Å². The summed E-state index contributed by atoms with van der Waals surface area (Å²) in [5.41, 5.74) is 1.66. The molecule has 1 rings (SSSR count). The highest BCUT2D eigenvalue weighted by molar-refractivity contribution is 9.09. The van der Waals surface area contributed by atoms with Crippen LogP contribution in [0.1, 0.15) is 35.7 Å². The van der Waals surface area contributed by atoms with E-state index in [2.05, 4.69) is 28.2 Å². The third kappa shape index (κ3) is 5.23. The molecule has 1 aromatic carbocycles. The molecule has 0 aromatic heterocycles. The molecule has 1 atom stereocenters. The van der Waals surface area contributed by atoms with Crippen molar-refractivity contribution in [2.24, 2.45) is 5.92 Å². The fraction of sp³-hybridized carbons (Fsp3) is 0.533. The third-order valence-electron chi connectivity index (χ3n) is 3.02. The highest BCUT2D eigenvalue weighted by atomic mass is 79.9. The molecule has 1 unspecified atom stereocenters. The van der Waals surface area contributed by atoms with Gasteiger partial charge in [-0.2, -0.15) is 0 Å². The smallest absolute Gasteiger partial charge is 0.255 e. The molecule has 0 aliphatic carbocycles. The number of methoxy groups -OCH3 is 1. The molecule has 1 N–H and O–H groups in total. The van der Waals surface area contributed by atoms with Crippen LogP contribution >= 0.6 is 15.9 Å². The predicted octanol–water partition coefficient (Wildman–Crippen LogP) is 3.54. The number of aryl methyl sites for hydroxylation is 1. The van der Waals surface area contributed by atoms with E-state index in [1.54, 1.807) is 7.11 Å². The molecule has 0 aliphatic heterocycles. The number of rotatable bonds is 7. The summed E-state index contributed by atoms with van der Waals surface area (Å²) in [4.78, 5) is 12.1. The van der Waals surface area contributed by atoms with Crippen LogP contribution < -0.4 is 10.1 Å². The van der Waals surface area contributed by atoms with Crippen molar-refractivity contribution >= 4 is 21.8 Å². The van der Waals surface area contributed by atoms with E-state index in [1.807, 2.05) is 25.1 Å². The van der Waals surface area contributed by atoms with Crippen LogP contribution in [-0.2, 0) is 0 Å². The van der Waals surface area contributed by atoms with Crippen molar-refractivity contribution in [1.29, 1.82) is 0 Å². The average Bonchev–Trinajstić information content (AvgIpc) is 2.42. The van der Waals surface area contributed by atoms with Crippen molar-refractivity contribution in [3.05, 3.63) is 29.3 Å². The zero-order valence-electron chi connectivity index (χ0n) is 11.8. The molecule has 0 saturated carbocycles. The standard InChI is InChI=1S/C15H22BrNO2/c1-11-6-7-14(19-3)13(9-11)15(18)17-8-4-5-12(2)10-16/h6-7,9,12H,4-5,8,10H2,1-3H3,(H,17,18). The number of amides is 1. The predicted molar refractivity (Wildman–Crippen MR) is 82.3 cm³/mol. The zero-order chi connectivity index (χ0) is 14.3. The summed E-state index contributed by atoms with van der Waals surface area (Å²) in [6.07, 6.45) is 2.10. The Bertz CT molecular complexity index is 421. The van der Waals surface area contributed by atoms with E-state index in [4.69, 9.17) is 4.74 Å². The van der Waals surface area contributed by atoms with Crippen LogP contribution in [0.5, 0.6) is 5.75 Å². The van der Waals surface area contributed by atoms with Gasteiger partial charge in [-0.05, 0) is 37.8 Å². The molecule has 4 heteroatoms. The highest BCUT2D eigenvalue weighted by Gasteiger charge is 2.11. The molecule has 0 radical (unpaired) electrons. The van der Waals surface area contributed by atoms with E-state index in [-0.39, 0.29) is 5.91 Å². The number of hydrogen-bond donors (Lipinski definition) is 1. The van der Waals surface area contributed by atoms with Crippen LogP contribution in [0.3, 0.4) is 0 Å². The van der Waals surface area contributed by atoms with Gasteiger partial charge in [-0.3, -0.25) is 4.79 Å². The van der Waals surface area contributed by atoms with Crippen molar-refractivity contribution in [3.8, 4) is 5.75 Å². The van der Waals surface area contributed by atoms with Gasteiger partial charge in [-0.15, -0.1) is 0 Å². The van der Waals surface area contributed by atoms with Gasteiger partial charge in [0.05, 0.1) is 12.7 Å². The first kappa shape index (κ1) is 16.0. The second kappa shape index (κ2) is 8.20. The number of carbonyl (C=O) groups is 1. The van der Waals surface area contributed by atoms with Crippen molar-refractivity contribution in [3.63, 3.8) is 0 Å². The number of benzene rings is 1. The normalized spacial score (nSPS) is 12.0. The quantitative estimate of drug-likeness (QED) is 0.614. The van der Waals surface area contributed by atoms with E-state index < -0.39 is 0 Å². The van der Waals surface area contributed by atoms with Crippen LogP contribution in [0, 0.1) is 12.8 Å². The molecule has 1 amide bonds. The molecule has 0 fully saturated rings. The average molecular weight is 328 g/mol. The van der Waals surface area contributed by atoms with E-state index in [1.165, 1.54) is 0 Å². The number of hydrogen-bond acceptors (Lipinski definition) is 2. The minimum atomic E-state index is -0.0629. The number of ether oxygens (including phenoxy) is 1. The Morgan fingerprint density at radius 2 is 2.21 bits per heavy atom.